The Morgan fingerprint density at radius 3 is 2.67 bits per heavy atom. The fraction of sp³-hybridized carbons (Fsp3) is 0.917. The molecule has 1 aliphatic rings. The third-order valence-corrected chi connectivity index (χ3v) is 2.73. The molecule has 0 aromatic rings. The molecule has 0 aromatic heterocycles. The van der Waals surface area contributed by atoms with Gasteiger partial charge in [0.25, 0.3) is 0 Å². The van der Waals surface area contributed by atoms with Crippen molar-refractivity contribution in [3.8, 4) is 0 Å². The second-order valence-electron chi connectivity index (χ2n) is 4.16. The molecule has 0 radical (unpaired) electrons. The zero-order chi connectivity index (χ0) is 13.1. The van der Waals surface area contributed by atoms with E-state index in [9.17, 15) is 4.79 Å². The van der Waals surface area contributed by atoms with Crippen LogP contribution in [0.2, 0.25) is 0 Å². The lowest BCUT2D eigenvalue weighted by atomic mass is 10.1. The summed E-state index contributed by atoms with van der Waals surface area (Å²) in [6.45, 7) is 4.44. The Balaban J connectivity index is 1.84. The highest BCUT2D eigenvalue weighted by Crippen LogP contribution is 2.01. The normalized spacial score (nSPS) is 19.8. The van der Waals surface area contributed by atoms with E-state index >= 15 is 0 Å². The second-order valence-corrected chi connectivity index (χ2v) is 4.16. The third-order valence-electron chi connectivity index (χ3n) is 2.73. The van der Waals surface area contributed by atoms with Crippen molar-refractivity contribution in [2.24, 2.45) is 0 Å². The highest BCUT2D eigenvalue weighted by molar-refractivity contribution is 5.82. The summed E-state index contributed by atoms with van der Waals surface area (Å²) < 4.78 is 15.5. The van der Waals surface area contributed by atoms with Gasteiger partial charge in [-0.2, -0.15) is 0 Å². The largest absolute Gasteiger partial charge is 0.382 e. The number of carbonyl (C=O) groups is 1. The van der Waals surface area contributed by atoms with Gasteiger partial charge in [-0.05, 0) is 12.8 Å². The third kappa shape index (κ3) is 6.90. The second kappa shape index (κ2) is 10.3. The standard InChI is InChI=1S/C12H24N2O4/c1-16-7-8-18-10-9-17-6-5-13-11-3-2-4-14-12(11)15/h11,13H,2-10H2,1H3,(H,14,15). The van der Waals surface area contributed by atoms with Crippen LogP contribution in [0.1, 0.15) is 12.8 Å². The predicted octanol–water partition coefficient (Wildman–Crippen LogP) is -0.466. The first kappa shape index (κ1) is 15.4. The van der Waals surface area contributed by atoms with Crippen molar-refractivity contribution in [3.63, 3.8) is 0 Å². The van der Waals surface area contributed by atoms with Gasteiger partial charge in [-0.1, -0.05) is 0 Å². The molecule has 1 saturated heterocycles. The van der Waals surface area contributed by atoms with Gasteiger partial charge in [0.15, 0.2) is 0 Å². The summed E-state index contributed by atoms with van der Waals surface area (Å²) in [5, 5.41) is 6.02. The van der Waals surface area contributed by atoms with Crippen LogP contribution in [0.15, 0.2) is 0 Å². The molecule has 0 saturated carbocycles. The highest BCUT2D eigenvalue weighted by Gasteiger charge is 2.20. The Morgan fingerprint density at radius 2 is 1.94 bits per heavy atom. The van der Waals surface area contributed by atoms with Crippen molar-refractivity contribution in [2.75, 3.05) is 53.2 Å². The maximum absolute atomic E-state index is 11.4. The molecule has 1 atom stereocenters. The van der Waals surface area contributed by atoms with Crippen molar-refractivity contribution in [1.29, 1.82) is 0 Å². The molecule has 18 heavy (non-hydrogen) atoms. The zero-order valence-corrected chi connectivity index (χ0v) is 11.1. The van der Waals surface area contributed by atoms with E-state index < -0.39 is 0 Å². The van der Waals surface area contributed by atoms with Crippen molar-refractivity contribution in [1.82, 2.24) is 10.6 Å². The first-order chi connectivity index (χ1) is 8.84. The van der Waals surface area contributed by atoms with Crippen molar-refractivity contribution < 1.29 is 19.0 Å². The van der Waals surface area contributed by atoms with Crippen LogP contribution in [0, 0.1) is 0 Å². The number of methoxy groups -OCH3 is 1. The van der Waals surface area contributed by atoms with E-state index in [0.717, 1.165) is 19.4 Å². The number of piperidine rings is 1. The van der Waals surface area contributed by atoms with Gasteiger partial charge in [0.2, 0.25) is 5.91 Å². The van der Waals surface area contributed by atoms with Crippen molar-refractivity contribution in [3.05, 3.63) is 0 Å². The van der Waals surface area contributed by atoms with Gasteiger partial charge >= 0.3 is 0 Å². The quantitative estimate of drug-likeness (QED) is 0.520. The summed E-state index contributed by atoms with van der Waals surface area (Å²) in [4.78, 5) is 11.4. The van der Waals surface area contributed by atoms with Gasteiger partial charge in [0.05, 0.1) is 39.1 Å². The maximum atomic E-state index is 11.4. The topological polar surface area (TPSA) is 68.8 Å². The summed E-state index contributed by atoms with van der Waals surface area (Å²) >= 11 is 0. The molecule has 1 aliphatic heterocycles. The number of hydrogen-bond donors (Lipinski definition) is 2. The summed E-state index contributed by atoms with van der Waals surface area (Å²) in [6, 6.07) is -0.0553. The molecule has 1 fully saturated rings. The van der Waals surface area contributed by atoms with Gasteiger partial charge in [0.1, 0.15) is 0 Å². The minimum atomic E-state index is -0.0553. The lowest BCUT2D eigenvalue weighted by Crippen LogP contribution is -2.49. The summed E-state index contributed by atoms with van der Waals surface area (Å²) in [5.74, 6) is 0.101. The smallest absolute Gasteiger partial charge is 0.237 e. The molecule has 1 unspecified atom stereocenters. The molecular formula is C12H24N2O4. The average Bonchev–Trinajstić information content (AvgIpc) is 2.39. The minimum absolute atomic E-state index is 0.0553. The first-order valence-corrected chi connectivity index (χ1v) is 6.50. The van der Waals surface area contributed by atoms with Crippen LogP contribution >= 0.6 is 0 Å². The first-order valence-electron chi connectivity index (χ1n) is 6.50. The predicted molar refractivity (Wildman–Crippen MR) is 67.5 cm³/mol. The molecule has 106 valence electrons. The number of hydrogen-bond acceptors (Lipinski definition) is 5. The number of amides is 1. The Bertz CT molecular complexity index is 226. The molecule has 1 amide bonds. The van der Waals surface area contributed by atoms with E-state index in [1.54, 1.807) is 7.11 Å². The van der Waals surface area contributed by atoms with Gasteiger partial charge in [-0.15, -0.1) is 0 Å². The Kier molecular flexibility index (Phi) is 8.75. The van der Waals surface area contributed by atoms with Gasteiger partial charge in [-0.3, -0.25) is 4.79 Å². The Labute approximate surface area is 108 Å². The van der Waals surface area contributed by atoms with E-state index in [2.05, 4.69) is 10.6 Å². The van der Waals surface area contributed by atoms with Gasteiger partial charge in [-0.25, -0.2) is 0 Å². The minimum Gasteiger partial charge on any atom is -0.382 e. The molecule has 1 rings (SSSR count). The van der Waals surface area contributed by atoms with E-state index in [1.807, 2.05) is 0 Å². The van der Waals surface area contributed by atoms with Gasteiger partial charge < -0.3 is 24.8 Å². The summed E-state index contributed by atoms with van der Waals surface area (Å²) in [7, 11) is 1.65. The zero-order valence-electron chi connectivity index (χ0n) is 11.1. The number of carbonyl (C=O) groups excluding carboxylic acids is 1. The molecule has 0 aliphatic carbocycles. The lowest BCUT2D eigenvalue weighted by Gasteiger charge is -2.22. The van der Waals surface area contributed by atoms with Crippen LogP contribution in [-0.4, -0.2) is 65.2 Å². The van der Waals surface area contributed by atoms with Gasteiger partial charge in [0, 0.05) is 20.2 Å². The van der Waals surface area contributed by atoms with Crippen molar-refractivity contribution in [2.45, 2.75) is 18.9 Å². The molecule has 2 N–H and O–H groups in total. The van der Waals surface area contributed by atoms with Crippen LogP contribution in [-0.2, 0) is 19.0 Å². The Hall–Kier alpha value is -0.690. The fourth-order valence-electron chi connectivity index (χ4n) is 1.74. The molecular weight excluding hydrogens is 236 g/mol. The van der Waals surface area contributed by atoms with Crippen LogP contribution in [0.25, 0.3) is 0 Å². The molecule has 6 heteroatoms. The number of rotatable bonds is 10. The summed E-state index contributed by atoms with van der Waals surface area (Å²) in [5.41, 5.74) is 0. The summed E-state index contributed by atoms with van der Waals surface area (Å²) in [6.07, 6.45) is 1.95. The SMILES string of the molecule is COCCOCCOCCNC1CCCNC1=O. The fourth-order valence-corrected chi connectivity index (χ4v) is 1.74. The number of ether oxygens (including phenoxy) is 3. The molecule has 0 bridgehead atoms. The monoisotopic (exact) mass is 260 g/mol. The lowest BCUT2D eigenvalue weighted by molar-refractivity contribution is -0.124. The van der Waals surface area contributed by atoms with Crippen LogP contribution < -0.4 is 10.6 Å². The van der Waals surface area contributed by atoms with E-state index in [4.69, 9.17) is 14.2 Å². The average molecular weight is 260 g/mol. The van der Waals surface area contributed by atoms with Crippen LogP contribution in [0.3, 0.4) is 0 Å². The maximum Gasteiger partial charge on any atom is 0.237 e. The van der Waals surface area contributed by atoms with Crippen molar-refractivity contribution >= 4 is 5.91 Å². The van der Waals surface area contributed by atoms with Crippen LogP contribution in [0.4, 0.5) is 0 Å². The van der Waals surface area contributed by atoms with E-state index in [-0.39, 0.29) is 11.9 Å². The molecule has 0 spiro atoms. The molecule has 1 heterocycles. The van der Waals surface area contributed by atoms with E-state index in [1.165, 1.54) is 0 Å². The molecule has 0 aromatic carbocycles. The highest BCUT2D eigenvalue weighted by atomic mass is 16.5. The Morgan fingerprint density at radius 1 is 1.22 bits per heavy atom. The number of nitrogens with one attached hydrogen (secondary N) is 2. The molecule has 6 nitrogen and oxygen atoms in total. The van der Waals surface area contributed by atoms with Crippen LogP contribution in [0.5, 0.6) is 0 Å². The van der Waals surface area contributed by atoms with E-state index in [0.29, 0.717) is 39.6 Å².